The molecule has 0 nitrogen and oxygen atoms in total. The van der Waals surface area contributed by atoms with Crippen molar-refractivity contribution in [1.82, 2.24) is 0 Å². The van der Waals surface area contributed by atoms with Gasteiger partial charge in [0.25, 0.3) is 0 Å². The maximum absolute atomic E-state index is 2.40. The van der Waals surface area contributed by atoms with Crippen LogP contribution in [0.4, 0.5) is 0 Å². The van der Waals surface area contributed by atoms with Gasteiger partial charge in [0.2, 0.25) is 0 Å². The first-order valence-corrected chi connectivity index (χ1v) is 6.29. The Morgan fingerprint density at radius 2 is 1.87 bits per heavy atom. The molecule has 84 valence electrons. The summed E-state index contributed by atoms with van der Waals surface area (Å²) in [5, 5.41) is 0. The van der Waals surface area contributed by atoms with E-state index in [9.17, 15) is 0 Å². The highest BCUT2D eigenvalue weighted by Crippen LogP contribution is 2.26. The summed E-state index contributed by atoms with van der Waals surface area (Å²) in [7, 11) is 0. The van der Waals surface area contributed by atoms with E-state index in [-0.39, 0.29) is 0 Å². The van der Waals surface area contributed by atoms with Crippen LogP contribution >= 0.6 is 0 Å². The second kappa shape index (κ2) is 7.50. The van der Waals surface area contributed by atoms with Crippen molar-refractivity contribution in [2.75, 3.05) is 0 Å². The first-order chi connectivity index (χ1) is 7.33. The molecule has 0 amide bonds. The zero-order valence-corrected chi connectivity index (χ0v) is 10.2. The van der Waals surface area contributed by atoms with Crippen molar-refractivity contribution in [2.45, 2.75) is 52.4 Å². The van der Waals surface area contributed by atoms with Crippen molar-refractivity contribution in [3.8, 4) is 0 Å². The SMILES string of the molecule is C\C=C/C=C\C(C)=C/CC1CCCCC1. The molecule has 1 aliphatic carbocycles. The molecule has 0 aromatic carbocycles. The molecule has 1 saturated carbocycles. The van der Waals surface area contributed by atoms with Gasteiger partial charge in [-0.25, -0.2) is 0 Å². The smallest absolute Gasteiger partial charge is 0.0316 e. The summed E-state index contributed by atoms with van der Waals surface area (Å²) in [6.45, 7) is 4.24. The Balaban J connectivity index is 2.28. The second-order valence-electron chi connectivity index (χ2n) is 4.57. The van der Waals surface area contributed by atoms with Crippen LogP contribution < -0.4 is 0 Å². The minimum absolute atomic E-state index is 0.962. The van der Waals surface area contributed by atoms with Crippen LogP contribution in [0.1, 0.15) is 52.4 Å². The van der Waals surface area contributed by atoms with Crippen LogP contribution in [-0.4, -0.2) is 0 Å². The molecule has 0 aliphatic heterocycles. The number of hydrogen-bond donors (Lipinski definition) is 0. The molecule has 0 saturated heterocycles. The summed E-state index contributed by atoms with van der Waals surface area (Å²) in [6.07, 6.45) is 19.4. The van der Waals surface area contributed by atoms with Gasteiger partial charge in [-0.05, 0) is 26.2 Å². The fourth-order valence-corrected chi connectivity index (χ4v) is 2.16. The first-order valence-electron chi connectivity index (χ1n) is 6.29. The largest absolute Gasteiger partial charge is 0.0877 e. The van der Waals surface area contributed by atoms with E-state index in [2.05, 4.69) is 37.3 Å². The van der Waals surface area contributed by atoms with Gasteiger partial charge < -0.3 is 0 Å². The fourth-order valence-electron chi connectivity index (χ4n) is 2.16. The Kier molecular flexibility index (Phi) is 6.15. The van der Waals surface area contributed by atoms with Crippen molar-refractivity contribution < 1.29 is 0 Å². The predicted molar refractivity (Wildman–Crippen MR) is 68.9 cm³/mol. The average molecular weight is 204 g/mol. The molecule has 0 radical (unpaired) electrons. The van der Waals surface area contributed by atoms with E-state index in [0.29, 0.717) is 0 Å². The monoisotopic (exact) mass is 204 g/mol. The Hall–Kier alpha value is -0.780. The van der Waals surface area contributed by atoms with Gasteiger partial charge in [0, 0.05) is 0 Å². The molecule has 0 unspecified atom stereocenters. The van der Waals surface area contributed by atoms with Crippen LogP contribution in [0.25, 0.3) is 0 Å². The van der Waals surface area contributed by atoms with Crippen LogP contribution in [0.5, 0.6) is 0 Å². The van der Waals surface area contributed by atoms with E-state index in [1.807, 2.05) is 6.92 Å². The maximum atomic E-state index is 2.40. The normalized spacial score (nSPS) is 20.5. The fraction of sp³-hybridized carbons (Fsp3) is 0.600. The molecule has 0 heterocycles. The lowest BCUT2D eigenvalue weighted by Gasteiger charge is -2.19. The third kappa shape index (κ3) is 5.61. The molecular formula is C15H24. The lowest BCUT2D eigenvalue weighted by molar-refractivity contribution is 0.361. The minimum Gasteiger partial charge on any atom is -0.0877 e. The molecule has 1 aliphatic rings. The van der Waals surface area contributed by atoms with Gasteiger partial charge in [0.1, 0.15) is 0 Å². The summed E-state index contributed by atoms with van der Waals surface area (Å²) in [5.74, 6) is 0.962. The van der Waals surface area contributed by atoms with E-state index in [1.165, 1.54) is 44.1 Å². The highest BCUT2D eigenvalue weighted by atomic mass is 14.2. The van der Waals surface area contributed by atoms with E-state index in [4.69, 9.17) is 0 Å². The van der Waals surface area contributed by atoms with E-state index < -0.39 is 0 Å². The van der Waals surface area contributed by atoms with Crippen molar-refractivity contribution in [2.24, 2.45) is 5.92 Å². The number of allylic oxidation sites excluding steroid dienone is 6. The maximum Gasteiger partial charge on any atom is -0.0316 e. The highest BCUT2D eigenvalue weighted by Gasteiger charge is 2.11. The van der Waals surface area contributed by atoms with Crippen LogP contribution in [0.2, 0.25) is 0 Å². The van der Waals surface area contributed by atoms with Gasteiger partial charge in [-0.2, -0.15) is 0 Å². The third-order valence-corrected chi connectivity index (χ3v) is 3.16. The summed E-state index contributed by atoms with van der Waals surface area (Å²) in [6, 6.07) is 0. The highest BCUT2D eigenvalue weighted by molar-refractivity contribution is 5.19. The quantitative estimate of drug-likeness (QED) is 0.563. The molecule has 0 bridgehead atoms. The van der Waals surface area contributed by atoms with Crippen molar-refractivity contribution in [3.05, 3.63) is 36.0 Å². The molecule has 0 spiro atoms. The summed E-state index contributed by atoms with van der Waals surface area (Å²) in [5.41, 5.74) is 1.40. The van der Waals surface area contributed by atoms with Gasteiger partial charge in [0.05, 0.1) is 0 Å². The average Bonchev–Trinajstić information content (AvgIpc) is 2.28. The Morgan fingerprint density at radius 1 is 1.13 bits per heavy atom. The number of hydrogen-bond acceptors (Lipinski definition) is 0. The van der Waals surface area contributed by atoms with Gasteiger partial charge in [-0.1, -0.05) is 68.1 Å². The Morgan fingerprint density at radius 3 is 2.53 bits per heavy atom. The molecule has 1 rings (SSSR count). The number of rotatable bonds is 4. The van der Waals surface area contributed by atoms with Crippen molar-refractivity contribution >= 4 is 0 Å². The molecule has 1 fully saturated rings. The van der Waals surface area contributed by atoms with Crippen LogP contribution in [0, 0.1) is 5.92 Å². The van der Waals surface area contributed by atoms with Crippen LogP contribution in [0.3, 0.4) is 0 Å². The molecule has 0 N–H and O–H groups in total. The summed E-state index contributed by atoms with van der Waals surface area (Å²) < 4.78 is 0. The standard InChI is InChI=1S/C15H24/c1-3-4-6-9-14(2)12-13-15-10-7-5-8-11-15/h3-4,6,9,12,15H,5,7-8,10-11,13H2,1-2H3/b4-3-,9-6-,14-12-. The van der Waals surface area contributed by atoms with E-state index in [0.717, 1.165) is 5.92 Å². The van der Waals surface area contributed by atoms with Crippen LogP contribution in [0.15, 0.2) is 36.0 Å². The molecular weight excluding hydrogens is 180 g/mol. The predicted octanol–water partition coefficient (Wildman–Crippen LogP) is 5.04. The zero-order chi connectivity index (χ0) is 10.9. The zero-order valence-electron chi connectivity index (χ0n) is 10.2. The second-order valence-corrected chi connectivity index (χ2v) is 4.57. The summed E-state index contributed by atoms with van der Waals surface area (Å²) in [4.78, 5) is 0. The van der Waals surface area contributed by atoms with Gasteiger partial charge in [-0.15, -0.1) is 0 Å². The lowest BCUT2D eigenvalue weighted by atomic mass is 9.86. The molecule has 0 aromatic rings. The first kappa shape index (κ1) is 12.3. The van der Waals surface area contributed by atoms with E-state index in [1.54, 1.807) is 0 Å². The molecule has 15 heavy (non-hydrogen) atoms. The van der Waals surface area contributed by atoms with Gasteiger partial charge >= 0.3 is 0 Å². The molecule has 0 heteroatoms. The molecule has 0 aromatic heterocycles. The Labute approximate surface area is 94.8 Å². The summed E-state index contributed by atoms with van der Waals surface area (Å²) >= 11 is 0. The van der Waals surface area contributed by atoms with Crippen molar-refractivity contribution in [3.63, 3.8) is 0 Å². The minimum atomic E-state index is 0.962. The van der Waals surface area contributed by atoms with Crippen LogP contribution in [-0.2, 0) is 0 Å². The van der Waals surface area contributed by atoms with Gasteiger partial charge in [0.15, 0.2) is 0 Å². The van der Waals surface area contributed by atoms with E-state index >= 15 is 0 Å². The third-order valence-electron chi connectivity index (χ3n) is 3.16. The van der Waals surface area contributed by atoms with Crippen molar-refractivity contribution in [1.29, 1.82) is 0 Å². The van der Waals surface area contributed by atoms with Gasteiger partial charge in [-0.3, -0.25) is 0 Å². The lowest BCUT2D eigenvalue weighted by Crippen LogP contribution is -2.04. The Bertz CT molecular complexity index is 237. The topological polar surface area (TPSA) is 0 Å². The molecule has 0 atom stereocenters.